The molecule has 0 saturated carbocycles. The van der Waals surface area contributed by atoms with Gasteiger partial charge in [-0.05, 0) is 23.5 Å². The first kappa shape index (κ1) is 14.7. The standard InChI is InChI=1S/C15H23NO2/c1-4-5-12-6-8-13(9-7-12)15(11(2)3)16-10-14(17)18/h6-9,11,15-16H,4-5,10H2,1-3H3,(H,17,18). The number of carboxylic acid groups (broad SMARTS) is 1. The summed E-state index contributed by atoms with van der Waals surface area (Å²) >= 11 is 0. The molecule has 3 nitrogen and oxygen atoms in total. The number of hydrogen-bond acceptors (Lipinski definition) is 2. The van der Waals surface area contributed by atoms with Crippen molar-refractivity contribution in [3.05, 3.63) is 35.4 Å². The SMILES string of the molecule is CCCc1ccc(C(NCC(=O)O)C(C)C)cc1. The number of aliphatic carboxylic acids is 1. The van der Waals surface area contributed by atoms with Crippen LogP contribution in [0.15, 0.2) is 24.3 Å². The molecule has 0 spiro atoms. The molecule has 100 valence electrons. The number of aryl methyl sites for hydroxylation is 1. The van der Waals surface area contributed by atoms with Crippen molar-refractivity contribution in [2.75, 3.05) is 6.54 Å². The number of carbonyl (C=O) groups is 1. The summed E-state index contributed by atoms with van der Waals surface area (Å²) in [7, 11) is 0. The number of carboxylic acids is 1. The van der Waals surface area contributed by atoms with E-state index in [0.29, 0.717) is 5.92 Å². The topological polar surface area (TPSA) is 49.3 Å². The molecule has 1 aromatic carbocycles. The lowest BCUT2D eigenvalue weighted by Gasteiger charge is -2.22. The molecule has 1 unspecified atom stereocenters. The zero-order valence-electron chi connectivity index (χ0n) is 11.4. The van der Waals surface area contributed by atoms with Crippen LogP contribution in [-0.4, -0.2) is 17.6 Å². The van der Waals surface area contributed by atoms with Gasteiger partial charge in [0.1, 0.15) is 0 Å². The number of nitrogens with one attached hydrogen (secondary N) is 1. The summed E-state index contributed by atoms with van der Waals surface area (Å²) in [6, 6.07) is 8.57. The molecule has 0 aliphatic rings. The Labute approximate surface area is 109 Å². The highest BCUT2D eigenvalue weighted by Crippen LogP contribution is 2.22. The molecule has 0 fully saturated rings. The highest BCUT2D eigenvalue weighted by Gasteiger charge is 2.16. The van der Waals surface area contributed by atoms with Gasteiger partial charge in [0.2, 0.25) is 0 Å². The summed E-state index contributed by atoms with van der Waals surface area (Å²) in [5, 5.41) is 11.8. The van der Waals surface area contributed by atoms with Crippen LogP contribution in [0.25, 0.3) is 0 Å². The molecule has 18 heavy (non-hydrogen) atoms. The van der Waals surface area contributed by atoms with E-state index in [0.717, 1.165) is 18.4 Å². The van der Waals surface area contributed by atoms with Gasteiger partial charge in [-0.3, -0.25) is 10.1 Å². The fourth-order valence-corrected chi connectivity index (χ4v) is 2.12. The highest BCUT2D eigenvalue weighted by molar-refractivity contribution is 5.69. The van der Waals surface area contributed by atoms with Gasteiger partial charge in [-0.15, -0.1) is 0 Å². The van der Waals surface area contributed by atoms with E-state index in [1.165, 1.54) is 5.56 Å². The van der Waals surface area contributed by atoms with E-state index in [4.69, 9.17) is 5.11 Å². The van der Waals surface area contributed by atoms with Crippen LogP contribution in [0.2, 0.25) is 0 Å². The van der Waals surface area contributed by atoms with E-state index in [1.54, 1.807) is 0 Å². The summed E-state index contributed by atoms with van der Waals surface area (Å²) in [5.41, 5.74) is 2.49. The van der Waals surface area contributed by atoms with Crippen LogP contribution in [-0.2, 0) is 11.2 Å². The third kappa shape index (κ3) is 4.49. The zero-order valence-corrected chi connectivity index (χ0v) is 11.4. The average molecular weight is 249 g/mol. The molecule has 0 saturated heterocycles. The predicted molar refractivity (Wildman–Crippen MR) is 73.7 cm³/mol. The lowest BCUT2D eigenvalue weighted by atomic mass is 9.94. The molecule has 1 rings (SSSR count). The fraction of sp³-hybridized carbons (Fsp3) is 0.533. The van der Waals surface area contributed by atoms with Gasteiger partial charge in [-0.2, -0.15) is 0 Å². The molecule has 1 atom stereocenters. The van der Waals surface area contributed by atoms with Crippen molar-refractivity contribution in [3.8, 4) is 0 Å². The number of rotatable bonds is 7. The molecule has 0 heterocycles. The van der Waals surface area contributed by atoms with Crippen molar-refractivity contribution in [2.45, 2.75) is 39.7 Å². The van der Waals surface area contributed by atoms with Gasteiger partial charge < -0.3 is 5.11 Å². The normalized spacial score (nSPS) is 12.7. The monoisotopic (exact) mass is 249 g/mol. The van der Waals surface area contributed by atoms with Crippen LogP contribution in [0.3, 0.4) is 0 Å². The zero-order chi connectivity index (χ0) is 13.5. The van der Waals surface area contributed by atoms with Gasteiger partial charge in [0, 0.05) is 6.04 Å². The van der Waals surface area contributed by atoms with Crippen molar-refractivity contribution >= 4 is 5.97 Å². The number of hydrogen-bond donors (Lipinski definition) is 2. The molecule has 3 heteroatoms. The Bertz CT molecular complexity index is 371. The van der Waals surface area contributed by atoms with Crippen molar-refractivity contribution in [3.63, 3.8) is 0 Å². The van der Waals surface area contributed by atoms with Crippen LogP contribution in [0, 0.1) is 5.92 Å². The first-order valence-electron chi connectivity index (χ1n) is 6.58. The molecule has 2 N–H and O–H groups in total. The summed E-state index contributed by atoms with van der Waals surface area (Å²) in [6.07, 6.45) is 2.24. The van der Waals surface area contributed by atoms with Crippen molar-refractivity contribution in [1.82, 2.24) is 5.32 Å². The highest BCUT2D eigenvalue weighted by atomic mass is 16.4. The first-order chi connectivity index (χ1) is 8.54. The fourth-order valence-electron chi connectivity index (χ4n) is 2.12. The average Bonchev–Trinajstić information content (AvgIpc) is 2.31. The van der Waals surface area contributed by atoms with Crippen molar-refractivity contribution in [1.29, 1.82) is 0 Å². The molecule has 1 aromatic rings. The third-order valence-corrected chi connectivity index (χ3v) is 3.02. The second kappa shape index (κ2) is 7.17. The first-order valence-corrected chi connectivity index (χ1v) is 6.58. The minimum atomic E-state index is -0.816. The van der Waals surface area contributed by atoms with E-state index in [9.17, 15) is 4.79 Å². The second-order valence-electron chi connectivity index (χ2n) is 4.99. The molecule has 0 radical (unpaired) electrons. The summed E-state index contributed by atoms with van der Waals surface area (Å²) < 4.78 is 0. The summed E-state index contributed by atoms with van der Waals surface area (Å²) in [6.45, 7) is 6.36. The van der Waals surface area contributed by atoms with Crippen LogP contribution in [0.5, 0.6) is 0 Å². The van der Waals surface area contributed by atoms with Crippen LogP contribution in [0.4, 0.5) is 0 Å². The predicted octanol–water partition coefficient (Wildman–Crippen LogP) is 3.01. The van der Waals surface area contributed by atoms with Crippen molar-refractivity contribution in [2.24, 2.45) is 5.92 Å². The molecule has 0 bridgehead atoms. The van der Waals surface area contributed by atoms with E-state index >= 15 is 0 Å². The summed E-state index contributed by atoms with van der Waals surface area (Å²) in [4.78, 5) is 10.6. The van der Waals surface area contributed by atoms with Gasteiger partial charge in [0.05, 0.1) is 6.54 Å². The molecule has 0 aliphatic carbocycles. The Morgan fingerprint density at radius 2 is 1.89 bits per heavy atom. The lowest BCUT2D eigenvalue weighted by Crippen LogP contribution is -2.30. The Balaban J connectivity index is 2.75. The Hall–Kier alpha value is -1.35. The van der Waals surface area contributed by atoms with Crippen molar-refractivity contribution < 1.29 is 9.90 Å². The van der Waals surface area contributed by atoms with Crippen LogP contribution < -0.4 is 5.32 Å². The van der Waals surface area contributed by atoms with Gasteiger partial charge in [0.15, 0.2) is 0 Å². The van der Waals surface area contributed by atoms with Gasteiger partial charge in [0.25, 0.3) is 0 Å². The Kier molecular flexibility index (Phi) is 5.86. The Morgan fingerprint density at radius 3 is 2.33 bits per heavy atom. The largest absolute Gasteiger partial charge is 0.480 e. The maximum atomic E-state index is 10.6. The van der Waals surface area contributed by atoms with Crippen LogP contribution >= 0.6 is 0 Å². The summed E-state index contributed by atoms with van der Waals surface area (Å²) in [5.74, 6) is -0.454. The van der Waals surface area contributed by atoms with Gasteiger partial charge in [-0.25, -0.2) is 0 Å². The molecule has 0 amide bonds. The number of benzene rings is 1. The van der Waals surface area contributed by atoms with E-state index < -0.39 is 5.97 Å². The van der Waals surface area contributed by atoms with Gasteiger partial charge in [-0.1, -0.05) is 51.5 Å². The molecule has 0 aliphatic heterocycles. The van der Waals surface area contributed by atoms with Gasteiger partial charge >= 0.3 is 5.97 Å². The minimum absolute atomic E-state index is 0.000438. The van der Waals surface area contributed by atoms with E-state index in [1.807, 2.05) is 0 Å². The molecule has 0 aromatic heterocycles. The second-order valence-corrected chi connectivity index (χ2v) is 4.99. The van der Waals surface area contributed by atoms with E-state index in [-0.39, 0.29) is 12.6 Å². The maximum Gasteiger partial charge on any atom is 0.317 e. The maximum absolute atomic E-state index is 10.6. The third-order valence-electron chi connectivity index (χ3n) is 3.02. The smallest absolute Gasteiger partial charge is 0.317 e. The minimum Gasteiger partial charge on any atom is -0.480 e. The molecular formula is C15H23NO2. The Morgan fingerprint density at radius 1 is 1.28 bits per heavy atom. The van der Waals surface area contributed by atoms with Crippen LogP contribution in [0.1, 0.15) is 44.4 Å². The molecular weight excluding hydrogens is 226 g/mol. The quantitative estimate of drug-likeness (QED) is 0.781. The van der Waals surface area contributed by atoms with E-state index in [2.05, 4.69) is 50.4 Å². The lowest BCUT2D eigenvalue weighted by molar-refractivity contribution is -0.136.